The SMILES string of the molecule is CC.CC.CCNc1nc(Nc2cc(C)[nH]n2)c2ccccc2n1.Cc1cc(Nc2ncnc3ccccc23)n[nH]1.Cc1cc(Nc2ncnc3ccccc23)n[nH]1.Cc1cc(Nc2ncnc3ccccc23)n[nH]1. The van der Waals surface area contributed by atoms with Crippen LogP contribution >= 0.6 is 0 Å². The van der Waals surface area contributed by atoms with Gasteiger partial charge in [-0.1, -0.05) is 76.2 Å². The molecule has 0 saturated carbocycles. The van der Waals surface area contributed by atoms with E-state index in [0.29, 0.717) is 5.95 Å². The molecule has 9 N–H and O–H groups in total. The summed E-state index contributed by atoms with van der Waals surface area (Å²) in [6.45, 7) is 18.6. The van der Waals surface area contributed by atoms with Gasteiger partial charge in [-0.2, -0.15) is 25.4 Å². The molecule has 8 heterocycles. The van der Waals surface area contributed by atoms with Crippen LogP contribution in [0.1, 0.15) is 57.4 Å². The number of hydrogen-bond acceptors (Lipinski definition) is 17. The molecule has 12 rings (SSSR count). The minimum absolute atomic E-state index is 0.612. The number of H-pyrrole nitrogens is 4. The Labute approximate surface area is 433 Å². The number of para-hydroxylation sites is 4. The molecule has 0 fully saturated rings. The minimum Gasteiger partial charge on any atom is -0.354 e. The smallest absolute Gasteiger partial charge is 0.225 e. The Bertz CT molecular complexity index is 3380. The summed E-state index contributed by atoms with van der Waals surface area (Å²) >= 11 is 0. The molecule has 0 saturated heterocycles. The molecule has 0 bridgehead atoms. The number of nitrogens with one attached hydrogen (secondary N) is 9. The first-order valence-electron chi connectivity index (χ1n) is 24.5. The fourth-order valence-electron chi connectivity index (χ4n) is 7.14. The summed E-state index contributed by atoms with van der Waals surface area (Å²) in [6.07, 6.45) is 4.64. The van der Waals surface area contributed by atoms with Crippen molar-refractivity contribution in [3.05, 3.63) is 163 Å². The van der Waals surface area contributed by atoms with Crippen LogP contribution in [0.4, 0.5) is 52.5 Å². The number of aromatic nitrogens is 16. The average molecular weight is 1000 g/mol. The van der Waals surface area contributed by atoms with Crippen molar-refractivity contribution < 1.29 is 0 Å². The van der Waals surface area contributed by atoms with Crippen LogP contribution < -0.4 is 26.6 Å². The van der Waals surface area contributed by atoms with Crippen LogP contribution in [0.2, 0.25) is 0 Å². The molecule has 382 valence electrons. The zero-order valence-electron chi connectivity index (χ0n) is 43.4. The second-order valence-electron chi connectivity index (χ2n) is 15.9. The first kappa shape index (κ1) is 52.9. The Kier molecular flexibility index (Phi) is 18.7. The average Bonchev–Trinajstić information content (AvgIpc) is 4.27. The molecule has 21 heteroatoms. The van der Waals surface area contributed by atoms with Crippen LogP contribution in [0.5, 0.6) is 0 Å². The van der Waals surface area contributed by atoms with Crippen molar-refractivity contribution >= 4 is 96.1 Å². The van der Waals surface area contributed by atoms with Gasteiger partial charge in [-0.05, 0) is 83.1 Å². The van der Waals surface area contributed by atoms with Gasteiger partial charge in [-0.15, -0.1) is 0 Å². The fourth-order valence-corrected chi connectivity index (χ4v) is 7.14. The first-order valence-corrected chi connectivity index (χ1v) is 24.5. The van der Waals surface area contributed by atoms with Crippen molar-refractivity contribution in [2.24, 2.45) is 0 Å². The van der Waals surface area contributed by atoms with Gasteiger partial charge in [0.1, 0.15) is 42.3 Å². The molecule has 0 atom stereocenters. The summed E-state index contributed by atoms with van der Waals surface area (Å²) in [5, 5.41) is 47.9. The fraction of sp³-hybridized carbons (Fsp3) is 0.185. The number of aryl methyl sites for hydroxylation is 4. The van der Waals surface area contributed by atoms with Crippen molar-refractivity contribution in [2.45, 2.75) is 62.3 Å². The van der Waals surface area contributed by atoms with Crippen molar-refractivity contribution in [1.82, 2.24) is 80.7 Å². The predicted molar refractivity (Wildman–Crippen MR) is 301 cm³/mol. The van der Waals surface area contributed by atoms with E-state index in [1.54, 1.807) is 19.0 Å². The lowest BCUT2D eigenvalue weighted by Gasteiger charge is -2.09. The zero-order chi connectivity index (χ0) is 52.9. The maximum Gasteiger partial charge on any atom is 0.225 e. The summed E-state index contributed by atoms with van der Waals surface area (Å²) in [5.74, 6) is 6.67. The molecule has 0 radical (unpaired) electrons. The van der Waals surface area contributed by atoms with E-state index in [1.807, 2.05) is 184 Å². The Hall–Kier alpha value is -9.92. The quantitative estimate of drug-likeness (QED) is 0.0616. The van der Waals surface area contributed by atoms with E-state index in [1.165, 1.54) is 0 Å². The van der Waals surface area contributed by atoms with Gasteiger partial charge < -0.3 is 26.6 Å². The summed E-state index contributed by atoms with van der Waals surface area (Å²) in [5.41, 5.74) is 7.65. The van der Waals surface area contributed by atoms with Crippen molar-refractivity contribution in [3.8, 4) is 0 Å². The van der Waals surface area contributed by atoms with E-state index in [-0.39, 0.29) is 0 Å². The van der Waals surface area contributed by atoms with Crippen molar-refractivity contribution in [1.29, 1.82) is 0 Å². The number of fused-ring (bicyclic) bond motifs is 4. The van der Waals surface area contributed by atoms with Gasteiger partial charge in [0, 0.05) is 75.1 Å². The normalized spacial score (nSPS) is 10.3. The topological polar surface area (TPSA) is 278 Å². The number of anilines is 9. The highest BCUT2D eigenvalue weighted by Crippen LogP contribution is 2.26. The number of aromatic amines is 4. The molecule has 0 unspecified atom stereocenters. The second-order valence-corrected chi connectivity index (χ2v) is 15.9. The molecule has 21 nitrogen and oxygen atoms in total. The van der Waals surface area contributed by atoms with Crippen molar-refractivity contribution in [2.75, 3.05) is 33.1 Å². The molecular formula is C54H61N21. The van der Waals surface area contributed by atoms with E-state index < -0.39 is 0 Å². The molecule has 4 aromatic carbocycles. The molecule has 75 heavy (non-hydrogen) atoms. The summed E-state index contributed by atoms with van der Waals surface area (Å²) in [6, 6.07) is 39.2. The lowest BCUT2D eigenvalue weighted by Crippen LogP contribution is -2.05. The third-order valence-corrected chi connectivity index (χ3v) is 10.4. The number of rotatable bonds is 10. The van der Waals surface area contributed by atoms with Gasteiger partial charge >= 0.3 is 0 Å². The highest BCUT2D eigenvalue weighted by atomic mass is 15.2. The summed E-state index contributed by atoms with van der Waals surface area (Å²) in [4.78, 5) is 34.3. The largest absolute Gasteiger partial charge is 0.354 e. The number of hydrogen-bond donors (Lipinski definition) is 9. The van der Waals surface area contributed by atoms with E-state index in [0.717, 1.165) is 119 Å². The highest BCUT2D eigenvalue weighted by Gasteiger charge is 2.10. The summed E-state index contributed by atoms with van der Waals surface area (Å²) in [7, 11) is 0. The Morgan fingerprint density at radius 2 is 0.653 bits per heavy atom. The minimum atomic E-state index is 0.612. The van der Waals surface area contributed by atoms with Crippen LogP contribution in [0.15, 0.2) is 140 Å². The van der Waals surface area contributed by atoms with Gasteiger partial charge in [-0.25, -0.2) is 34.9 Å². The second kappa shape index (κ2) is 26.5. The molecule has 0 spiro atoms. The maximum atomic E-state index is 4.51. The Balaban J connectivity index is 0.000000143. The van der Waals surface area contributed by atoms with Crippen LogP contribution in [0.25, 0.3) is 43.6 Å². The third-order valence-electron chi connectivity index (χ3n) is 10.4. The highest BCUT2D eigenvalue weighted by molar-refractivity contribution is 5.93. The van der Waals surface area contributed by atoms with E-state index in [4.69, 9.17) is 0 Å². The van der Waals surface area contributed by atoms with E-state index >= 15 is 0 Å². The van der Waals surface area contributed by atoms with E-state index in [9.17, 15) is 0 Å². The van der Waals surface area contributed by atoms with Crippen LogP contribution in [0, 0.1) is 27.7 Å². The number of benzene rings is 4. The predicted octanol–water partition coefficient (Wildman–Crippen LogP) is 12.1. The Morgan fingerprint density at radius 1 is 0.360 bits per heavy atom. The molecule has 0 aliphatic carbocycles. The van der Waals surface area contributed by atoms with Crippen LogP contribution in [-0.4, -0.2) is 87.2 Å². The third kappa shape index (κ3) is 14.4. The maximum absolute atomic E-state index is 4.51. The number of nitrogens with zero attached hydrogens (tertiary/aromatic N) is 12. The lowest BCUT2D eigenvalue weighted by atomic mass is 10.2. The standard InChI is InChI=1S/C14H16N6.3C12H11N5.2C2H6/c1-3-15-14-16-11-7-5-4-6-10(11)13(18-14)17-12-8-9(2)19-20-12;3*1-8-6-11(17-16-8)15-12-9-4-2-3-5-10(9)13-7-14-12;2*1-2/h4-8H,3H2,1-2H3,(H3,15,16,17,18,19,20);3*2-7H,1H3,(H2,13,14,15,16,17);2*1-2H3. The molecule has 8 aromatic heterocycles. The zero-order valence-corrected chi connectivity index (χ0v) is 43.4. The van der Waals surface area contributed by atoms with Gasteiger partial charge in [0.05, 0.1) is 22.1 Å². The van der Waals surface area contributed by atoms with Crippen LogP contribution in [-0.2, 0) is 0 Å². The van der Waals surface area contributed by atoms with Gasteiger partial charge in [0.2, 0.25) is 5.95 Å². The molecular weight excluding hydrogens is 943 g/mol. The van der Waals surface area contributed by atoms with Crippen LogP contribution in [0.3, 0.4) is 0 Å². The monoisotopic (exact) mass is 1000 g/mol. The molecule has 0 amide bonds. The molecule has 0 aliphatic rings. The van der Waals surface area contributed by atoms with Gasteiger partial charge in [0.25, 0.3) is 0 Å². The molecule has 0 aliphatic heterocycles. The van der Waals surface area contributed by atoms with Gasteiger partial charge in [0.15, 0.2) is 23.3 Å². The first-order chi connectivity index (χ1) is 36.7. The lowest BCUT2D eigenvalue weighted by molar-refractivity contribution is 1.05. The Morgan fingerprint density at radius 3 is 0.960 bits per heavy atom. The summed E-state index contributed by atoms with van der Waals surface area (Å²) < 4.78 is 0. The van der Waals surface area contributed by atoms with Gasteiger partial charge in [-0.3, -0.25) is 20.4 Å². The van der Waals surface area contributed by atoms with Crippen molar-refractivity contribution in [3.63, 3.8) is 0 Å². The van der Waals surface area contributed by atoms with E-state index in [2.05, 4.69) is 107 Å². The molecule has 12 aromatic rings.